The molecule has 0 unspecified atom stereocenters. The molecule has 0 aliphatic heterocycles. The van der Waals surface area contributed by atoms with Gasteiger partial charge in [0.2, 0.25) is 5.91 Å². The van der Waals surface area contributed by atoms with E-state index in [0.717, 1.165) is 44.8 Å². The van der Waals surface area contributed by atoms with Gasteiger partial charge in [0, 0.05) is 17.5 Å². The molecule has 0 bridgehead atoms. The Kier molecular flexibility index (Phi) is 5.27. The van der Waals surface area contributed by atoms with Gasteiger partial charge in [-0.3, -0.25) is 10.0 Å². The van der Waals surface area contributed by atoms with E-state index in [4.69, 9.17) is 14.9 Å². The van der Waals surface area contributed by atoms with Crippen molar-refractivity contribution in [2.75, 3.05) is 6.61 Å². The maximum atomic E-state index is 11.1. The second kappa shape index (κ2) is 8.52. The first-order chi connectivity index (χ1) is 15.7. The Hall–Kier alpha value is -4.17. The van der Waals surface area contributed by atoms with Gasteiger partial charge in [-0.2, -0.15) is 0 Å². The van der Waals surface area contributed by atoms with E-state index in [1.54, 1.807) is 5.48 Å². The Labute approximate surface area is 183 Å². The minimum absolute atomic E-state index is 0.202. The normalized spacial score (nSPS) is 11.2. The van der Waals surface area contributed by atoms with Crippen LogP contribution in [0.15, 0.2) is 66.7 Å². The number of para-hydroxylation sites is 2. The number of fused-ring (bicyclic) bond motifs is 2. The molecule has 1 amide bonds. The number of H-pyrrole nitrogens is 2. The number of ether oxygens (including phenoxy) is 1. The summed E-state index contributed by atoms with van der Waals surface area (Å²) in [5, 5.41) is 8.53. The molecule has 0 saturated heterocycles. The predicted molar refractivity (Wildman–Crippen MR) is 121 cm³/mol. The highest BCUT2D eigenvalue weighted by molar-refractivity contribution is 5.85. The van der Waals surface area contributed by atoms with Crippen LogP contribution in [-0.2, 0) is 4.79 Å². The number of benzene rings is 3. The van der Waals surface area contributed by atoms with Crippen molar-refractivity contribution in [3.05, 3.63) is 66.7 Å². The summed E-state index contributed by atoms with van der Waals surface area (Å²) < 4.78 is 5.73. The summed E-state index contributed by atoms with van der Waals surface area (Å²) in [7, 11) is 0. The summed E-state index contributed by atoms with van der Waals surface area (Å²) >= 11 is 0. The molecule has 8 heteroatoms. The molecule has 0 spiro atoms. The van der Waals surface area contributed by atoms with Crippen molar-refractivity contribution in [2.24, 2.45) is 0 Å². The summed E-state index contributed by atoms with van der Waals surface area (Å²) in [5.74, 6) is 1.82. The van der Waals surface area contributed by atoms with Gasteiger partial charge in [-0.05, 0) is 48.9 Å². The number of aromatic amines is 2. The minimum Gasteiger partial charge on any atom is -0.494 e. The van der Waals surface area contributed by atoms with Gasteiger partial charge >= 0.3 is 0 Å². The van der Waals surface area contributed by atoms with E-state index < -0.39 is 5.91 Å². The number of carbonyl (C=O) groups is 1. The third-order valence-corrected chi connectivity index (χ3v) is 5.19. The first kappa shape index (κ1) is 19.8. The maximum Gasteiger partial charge on any atom is 0.243 e. The highest BCUT2D eigenvalue weighted by Crippen LogP contribution is 2.27. The van der Waals surface area contributed by atoms with Crippen LogP contribution in [0.3, 0.4) is 0 Å². The molecule has 0 fully saturated rings. The Morgan fingerprint density at radius 3 is 2.44 bits per heavy atom. The van der Waals surface area contributed by atoms with Crippen LogP contribution in [0.25, 0.3) is 44.8 Å². The van der Waals surface area contributed by atoms with Crippen molar-refractivity contribution in [1.82, 2.24) is 25.4 Å². The molecular formula is C24H21N5O3. The Balaban J connectivity index is 1.36. The topological polar surface area (TPSA) is 116 Å². The van der Waals surface area contributed by atoms with Crippen LogP contribution in [0.1, 0.15) is 12.8 Å². The van der Waals surface area contributed by atoms with Crippen LogP contribution < -0.4 is 10.2 Å². The zero-order chi connectivity index (χ0) is 21.9. The molecule has 160 valence electrons. The first-order valence-electron chi connectivity index (χ1n) is 10.3. The lowest BCUT2D eigenvalue weighted by molar-refractivity contribution is -0.129. The molecule has 2 aromatic heterocycles. The second-order valence-corrected chi connectivity index (χ2v) is 7.43. The first-order valence-corrected chi connectivity index (χ1v) is 10.3. The third kappa shape index (κ3) is 4.03. The number of rotatable bonds is 7. The number of carbonyl (C=O) groups excluding carboxylic acids is 1. The molecule has 0 atom stereocenters. The third-order valence-electron chi connectivity index (χ3n) is 5.19. The van der Waals surface area contributed by atoms with Gasteiger partial charge in [-0.15, -0.1) is 0 Å². The quantitative estimate of drug-likeness (QED) is 0.174. The molecule has 32 heavy (non-hydrogen) atoms. The lowest BCUT2D eigenvalue weighted by Gasteiger charge is -2.06. The summed E-state index contributed by atoms with van der Waals surface area (Å²) in [6.07, 6.45) is 0.707. The number of nitrogens with one attached hydrogen (secondary N) is 3. The van der Waals surface area contributed by atoms with Crippen LogP contribution in [0.5, 0.6) is 5.75 Å². The minimum atomic E-state index is -0.424. The predicted octanol–water partition coefficient (Wildman–Crippen LogP) is 4.44. The number of amides is 1. The Bertz CT molecular complexity index is 1370. The molecule has 2 heterocycles. The molecule has 0 aliphatic rings. The molecule has 0 saturated carbocycles. The summed E-state index contributed by atoms with van der Waals surface area (Å²) in [6, 6.07) is 21.6. The monoisotopic (exact) mass is 427 g/mol. The fourth-order valence-electron chi connectivity index (χ4n) is 3.59. The molecule has 5 aromatic rings. The Morgan fingerprint density at radius 2 is 1.62 bits per heavy atom. The van der Waals surface area contributed by atoms with Gasteiger partial charge in [-0.25, -0.2) is 15.4 Å². The van der Waals surface area contributed by atoms with Gasteiger partial charge in [0.25, 0.3) is 0 Å². The lowest BCUT2D eigenvalue weighted by Crippen LogP contribution is -2.18. The Morgan fingerprint density at radius 1 is 0.875 bits per heavy atom. The lowest BCUT2D eigenvalue weighted by atomic mass is 10.2. The average Bonchev–Trinajstić information content (AvgIpc) is 3.45. The van der Waals surface area contributed by atoms with Crippen LogP contribution in [0.4, 0.5) is 0 Å². The summed E-state index contributed by atoms with van der Waals surface area (Å²) in [5.41, 5.74) is 7.21. The van der Waals surface area contributed by atoms with Gasteiger partial charge in [0.15, 0.2) is 0 Å². The van der Waals surface area contributed by atoms with Crippen molar-refractivity contribution < 1.29 is 14.7 Å². The smallest absolute Gasteiger partial charge is 0.243 e. The zero-order valence-corrected chi connectivity index (χ0v) is 17.1. The molecule has 4 N–H and O–H groups in total. The molecular weight excluding hydrogens is 406 g/mol. The van der Waals surface area contributed by atoms with Gasteiger partial charge in [-0.1, -0.05) is 24.3 Å². The number of hydroxylamine groups is 1. The number of aromatic nitrogens is 4. The molecule has 5 rings (SSSR count). The van der Waals surface area contributed by atoms with Crippen LogP contribution >= 0.6 is 0 Å². The van der Waals surface area contributed by atoms with E-state index in [1.165, 1.54) is 0 Å². The zero-order valence-electron chi connectivity index (χ0n) is 17.1. The largest absolute Gasteiger partial charge is 0.494 e. The van der Waals surface area contributed by atoms with E-state index in [1.807, 2.05) is 66.7 Å². The van der Waals surface area contributed by atoms with Gasteiger partial charge in [0.05, 0.1) is 28.7 Å². The van der Waals surface area contributed by atoms with E-state index in [0.29, 0.717) is 18.8 Å². The average molecular weight is 427 g/mol. The number of imidazole rings is 2. The summed E-state index contributed by atoms with van der Waals surface area (Å²) in [4.78, 5) is 27.2. The number of hydrogen-bond acceptors (Lipinski definition) is 5. The molecule has 3 aromatic carbocycles. The van der Waals surface area contributed by atoms with E-state index in [2.05, 4.69) is 15.0 Å². The van der Waals surface area contributed by atoms with Crippen LogP contribution in [0, 0.1) is 0 Å². The van der Waals surface area contributed by atoms with Crippen LogP contribution in [0.2, 0.25) is 0 Å². The molecule has 8 nitrogen and oxygen atoms in total. The standard InChI is InChI=1S/C24H21N5O3/c30-22(29-31)9-4-12-32-17-6-3-5-15(13-17)23-27-20-11-10-16(14-21(20)28-23)24-25-18-7-1-2-8-19(18)26-24/h1-3,5-8,10-11,13-14,31H,4,9,12H2,(H,25,26)(H,27,28)(H,29,30). The van der Waals surface area contributed by atoms with Crippen molar-refractivity contribution in [3.63, 3.8) is 0 Å². The highest BCUT2D eigenvalue weighted by Gasteiger charge is 2.10. The maximum absolute atomic E-state index is 11.1. The summed E-state index contributed by atoms with van der Waals surface area (Å²) in [6.45, 7) is 0.373. The SMILES string of the molecule is O=C(CCCOc1cccc(-c2nc3ccc(-c4nc5ccccc5[nH]4)cc3[nH]2)c1)NO. The second-order valence-electron chi connectivity index (χ2n) is 7.43. The highest BCUT2D eigenvalue weighted by atomic mass is 16.5. The van der Waals surface area contributed by atoms with Gasteiger partial charge in [0.1, 0.15) is 17.4 Å². The van der Waals surface area contributed by atoms with Crippen molar-refractivity contribution in [1.29, 1.82) is 0 Å². The van der Waals surface area contributed by atoms with E-state index >= 15 is 0 Å². The van der Waals surface area contributed by atoms with Crippen molar-refractivity contribution in [2.45, 2.75) is 12.8 Å². The number of hydrogen-bond donors (Lipinski definition) is 4. The number of nitrogens with zero attached hydrogens (tertiary/aromatic N) is 2. The molecule has 0 radical (unpaired) electrons. The molecule has 0 aliphatic carbocycles. The van der Waals surface area contributed by atoms with E-state index in [-0.39, 0.29) is 6.42 Å². The van der Waals surface area contributed by atoms with Gasteiger partial charge < -0.3 is 14.7 Å². The fraction of sp³-hybridized carbons (Fsp3) is 0.125. The van der Waals surface area contributed by atoms with Crippen molar-refractivity contribution >= 4 is 28.0 Å². The fourth-order valence-corrected chi connectivity index (χ4v) is 3.59. The van der Waals surface area contributed by atoms with Crippen molar-refractivity contribution in [3.8, 4) is 28.5 Å². The van der Waals surface area contributed by atoms with Crippen LogP contribution in [-0.4, -0.2) is 37.7 Å². The van der Waals surface area contributed by atoms with E-state index in [9.17, 15) is 4.79 Å².